The zero-order valence-electron chi connectivity index (χ0n) is 16.4. The van der Waals surface area contributed by atoms with Gasteiger partial charge in [-0.3, -0.25) is 10.1 Å². The Labute approximate surface area is 160 Å². The number of aryl methyl sites for hydroxylation is 1. The third kappa shape index (κ3) is 5.57. The first kappa shape index (κ1) is 20.5. The number of hydrogen-bond acceptors (Lipinski definition) is 6. The van der Waals surface area contributed by atoms with Crippen molar-refractivity contribution in [3.63, 3.8) is 0 Å². The average molecular weight is 372 g/mol. The molecule has 0 aliphatic carbocycles. The number of nitrogens with zero attached hydrogens (tertiary/aromatic N) is 2. The van der Waals surface area contributed by atoms with E-state index in [2.05, 4.69) is 29.5 Å². The molecule has 0 atom stereocenters. The van der Waals surface area contributed by atoms with E-state index in [0.717, 1.165) is 25.7 Å². The lowest BCUT2D eigenvalue weighted by Gasteiger charge is -2.20. The quantitative estimate of drug-likeness (QED) is 0.427. The van der Waals surface area contributed by atoms with E-state index in [4.69, 9.17) is 4.74 Å². The summed E-state index contributed by atoms with van der Waals surface area (Å²) in [4.78, 5) is 15.8. The highest BCUT2D eigenvalue weighted by Crippen LogP contribution is 2.35. The van der Waals surface area contributed by atoms with Gasteiger partial charge in [0.2, 0.25) is 5.82 Å². The van der Waals surface area contributed by atoms with Crippen molar-refractivity contribution in [1.29, 1.82) is 0 Å². The zero-order chi connectivity index (χ0) is 19.8. The van der Waals surface area contributed by atoms with Crippen LogP contribution in [-0.2, 0) is 0 Å². The molecule has 2 aromatic rings. The van der Waals surface area contributed by atoms with Gasteiger partial charge in [-0.2, -0.15) is 0 Å². The summed E-state index contributed by atoms with van der Waals surface area (Å²) < 4.78 is 5.22. The van der Waals surface area contributed by atoms with Crippen LogP contribution in [0.5, 0.6) is 5.75 Å². The van der Waals surface area contributed by atoms with Gasteiger partial charge in [0.15, 0.2) is 0 Å². The molecule has 0 amide bonds. The lowest BCUT2D eigenvalue weighted by molar-refractivity contribution is -0.383. The van der Waals surface area contributed by atoms with Crippen molar-refractivity contribution in [2.75, 3.05) is 17.7 Å². The number of methoxy groups -OCH3 is 1. The Morgan fingerprint density at radius 3 is 2.52 bits per heavy atom. The molecule has 0 aliphatic rings. The third-order valence-electron chi connectivity index (χ3n) is 4.27. The van der Waals surface area contributed by atoms with E-state index in [1.807, 2.05) is 25.1 Å². The van der Waals surface area contributed by atoms with Crippen molar-refractivity contribution in [1.82, 2.24) is 4.98 Å². The summed E-state index contributed by atoms with van der Waals surface area (Å²) in [6.07, 6.45) is 3.96. The van der Waals surface area contributed by atoms with Crippen molar-refractivity contribution >= 4 is 22.9 Å². The van der Waals surface area contributed by atoms with Crippen molar-refractivity contribution in [3.05, 3.63) is 46.1 Å². The minimum atomic E-state index is -0.383. The van der Waals surface area contributed by atoms with E-state index in [1.54, 1.807) is 19.2 Å². The molecule has 0 aliphatic heterocycles. The van der Waals surface area contributed by atoms with Crippen LogP contribution in [0.4, 0.5) is 22.9 Å². The fourth-order valence-electron chi connectivity index (χ4n) is 3.09. The summed E-state index contributed by atoms with van der Waals surface area (Å²) >= 11 is 0. The van der Waals surface area contributed by atoms with Crippen LogP contribution in [0.25, 0.3) is 0 Å². The molecule has 146 valence electrons. The van der Waals surface area contributed by atoms with Crippen LogP contribution in [0, 0.1) is 17.0 Å². The first-order chi connectivity index (χ1) is 13.0. The fraction of sp³-hybridized carbons (Fsp3) is 0.450. The molecular formula is C20H28N4O3. The van der Waals surface area contributed by atoms with Gasteiger partial charge in [-0.15, -0.1) is 0 Å². The van der Waals surface area contributed by atoms with Gasteiger partial charge in [-0.05, 0) is 38.0 Å². The molecule has 0 saturated heterocycles. The molecular weight excluding hydrogens is 344 g/mol. The Morgan fingerprint density at radius 1 is 1.22 bits per heavy atom. The van der Waals surface area contributed by atoms with Crippen molar-refractivity contribution in [2.24, 2.45) is 0 Å². The summed E-state index contributed by atoms with van der Waals surface area (Å²) in [5, 5.41) is 18.3. The lowest BCUT2D eigenvalue weighted by Crippen LogP contribution is -2.20. The van der Waals surface area contributed by atoms with Gasteiger partial charge < -0.3 is 15.4 Å². The molecule has 0 saturated carbocycles. The largest absolute Gasteiger partial charge is 0.497 e. The summed E-state index contributed by atoms with van der Waals surface area (Å²) in [6.45, 7) is 6.07. The van der Waals surface area contributed by atoms with E-state index < -0.39 is 0 Å². The molecule has 7 nitrogen and oxygen atoms in total. The van der Waals surface area contributed by atoms with Gasteiger partial charge >= 0.3 is 5.69 Å². The third-order valence-corrected chi connectivity index (χ3v) is 4.27. The summed E-state index contributed by atoms with van der Waals surface area (Å²) in [6, 6.07) is 9.17. The number of benzene rings is 1. The number of rotatable bonds is 10. The van der Waals surface area contributed by atoms with E-state index in [1.165, 1.54) is 0 Å². The molecule has 1 heterocycles. The van der Waals surface area contributed by atoms with E-state index >= 15 is 0 Å². The van der Waals surface area contributed by atoms with Crippen LogP contribution in [0.2, 0.25) is 0 Å². The number of nitro groups is 1. The average Bonchev–Trinajstić information content (AvgIpc) is 2.61. The van der Waals surface area contributed by atoms with Crippen molar-refractivity contribution < 1.29 is 9.66 Å². The number of pyridine rings is 1. The number of ether oxygens (including phenoxy) is 1. The zero-order valence-corrected chi connectivity index (χ0v) is 16.4. The van der Waals surface area contributed by atoms with Crippen LogP contribution in [-0.4, -0.2) is 23.1 Å². The predicted molar refractivity (Wildman–Crippen MR) is 109 cm³/mol. The number of nitrogens with one attached hydrogen (secondary N) is 2. The molecule has 2 N–H and O–H groups in total. The van der Waals surface area contributed by atoms with Gasteiger partial charge in [-0.25, -0.2) is 4.98 Å². The Kier molecular flexibility index (Phi) is 7.40. The summed E-state index contributed by atoms with van der Waals surface area (Å²) in [5.41, 5.74) is 1.85. The van der Waals surface area contributed by atoms with Gasteiger partial charge in [0.1, 0.15) is 11.4 Å². The highest BCUT2D eigenvalue weighted by Gasteiger charge is 2.24. The van der Waals surface area contributed by atoms with Crippen molar-refractivity contribution in [3.8, 4) is 5.75 Å². The Hall–Kier alpha value is -2.83. The topological polar surface area (TPSA) is 89.3 Å². The summed E-state index contributed by atoms with van der Waals surface area (Å²) in [7, 11) is 1.58. The molecule has 2 rings (SSSR count). The molecule has 1 aromatic heterocycles. The van der Waals surface area contributed by atoms with Gasteiger partial charge in [0.05, 0.1) is 12.0 Å². The molecule has 0 radical (unpaired) electrons. The Bertz CT molecular complexity index is 774. The number of hydrogen-bond donors (Lipinski definition) is 2. The molecule has 27 heavy (non-hydrogen) atoms. The van der Waals surface area contributed by atoms with E-state index in [-0.39, 0.29) is 22.5 Å². The molecule has 0 fully saturated rings. The monoisotopic (exact) mass is 372 g/mol. The summed E-state index contributed by atoms with van der Waals surface area (Å²) in [5.74, 6) is 0.891. The second-order valence-electron chi connectivity index (χ2n) is 6.54. The maximum Gasteiger partial charge on any atom is 0.334 e. The van der Waals surface area contributed by atoms with Gasteiger partial charge in [0.25, 0.3) is 0 Å². The van der Waals surface area contributed by atoms with Crippen LogP contribution in [0.1, 0.15) is 45.2 Å². The second-order valence-corrected chi connectivity index (χ2v) is 6.54. The number of anilines is 3. The molecule has 1 aromatic carbocycles. The normalized spacial score (nSPS) is 10.7. The fourth-order valence-corrected chi connectivity index (χ4v) is 3.09. The Balaban J connectivity index is 2.41. The molecule has 0 spiro atoms. The molecule has 0 unspecified atom stereocenters. The minimum Gasteiger partial charge on any atom is -0.497 e. The van der Waals surface area contributed by atoms with Gasteiger partial charge in [-0.1, -0.05) is 32.8 Å². The SMILES string of the molecule is CCCC(CCC)Nc1cc(C)nc(Nc2cccc(OC)c2)c1[N+](=O)[O-]. The van der Waals surface area contributed by atoms with Crippen LogP contribution >= 0.6 is 0 Å². The first-order valence-corrected chi connectivity index (χ1v) is 9.32. The van der Waals surface area contributed by atoms with Crippen LogP contribution in [0.15, 0.2) is 30.3 Å². The Morgan fingerprint density at radius 2 is 1.93 bits per heavy atom. The van der Waals surface area contributed by atoms with E-state index in [9.17, 15) is 10.1 Å². The first-order valence-electron chi connectivity index (χ1n) is 9.32. The predicted octanol–water partition coefficient (Wildman–Crippen LogP) is 5.43. The standard InChI is InChI=1S/C20H28N4O3/c1-5-8-15(9-6-2)22-18-12-14(3)21-20(19(18)24(25)26)23-16-10-7-11-17(13-16)27-4/h7,10-13,15H,5-6,8-9H2,1-4H3,(H2,21,22,23). The van der Waals surface area contributed by atoms with Crippen molar-refractivity contribution in [2.45, 2.75) is 52.5 Å². The smallest absolute Gasteiger partial charge is 0.334 e. The maximum absolute atomic E-state index is 11.8. The van der Waals surface area contributed by atoms with E-state index in [0.29, 0.717) is 22.8 Å². The molecule has 0 bridgehead atoms. The number of aromatic nitrogens is 1. The lowest BCUT2D eigenvalue weighted by atomic mass is 10.1. The van der Waals surface area contributed by atoms with Crippen LogP contribution in [0.3, 0.4) is 0 Å². The highest BCUT2D eigenvalue weighted by molar-refractivity contribution is 5.77. The van der Waals surface area contributed by atoms with Crippen LogP contribution < -0.4 is 15.4 Å². The van der Waals surface area contributed by atoms with Gasteiger partial charge in [0, 0.05) is 23.5 Å². The maximum atomic E-state index is 11.8. The molecule has 7 heteroatoms. The minimum absolute atomic E-state index is 0.0411. The highest BCUT2D eigenvalue weighted by atomic mass is 16.6. The second kappa shape index (κ2) is 9.75.